The first kappa shape index (κ1) is 14.3. The van der Waals surface area contributed by atoms with Crippen LogP contribution in [0.5, 0.6) is 0 Å². The summed E-state index contributed by atoms with van der Waals surface area (Å²) in [5, 5.41) is 0. The fourth-order valence-corrected chi connectivity index (χ4v) is 3.84. The van der Waals surface area contributed by atoms with Gasteiger partial charge in [0.1, 0.15) is 0 Å². The maximum atomic E-state index is 6.52. The van der Waals surface area contributed by atoms with Gasteiger partial charge in [0.15, 0.2) is 0 Å². The smallest absolute Gasteiger partial charge is 0.0131 e. The summed E-state index contributed by atoms with van der Waals surface area (Å²) in [4.78, 5) is 2.70. The van der Waals surface area contributed by atoms with Crippen LogP contribution < -0.4 is 5.73 Å². The zero-order valence-corrected chi connectivity index (χ0v) is 12.5. The summed E-state index contributed by atoms with van der Waals surface area (Å²) in [6.07, 6.45) is 11.1. The van der Waals surface area contributed by atoms with Gasteiger partial charge in [-0.25, -0.2) is 0 Å². The van der Waals surface area contributed by atoms with E-state index >= 15 is 0 Å². The molecule has 0 bridgehead atoms. The van der Waals surface area contributed by atoms with Gasteiger partial charge in [0, 0.05) is 12.6 Å². The van der Waals surface area contributed by atoms with Crippen molar-refractivity contribution in [3.05, 3.63) is 0 Å². The third-order valence-electron chi connectivity index (χ3n) is 5.25. The molecule has 0 amide bonds. The van der Waals surface area contributed by atoms with E-state index < -0.39 is 0 Å². The zero-order chi connectivity index (χ0) is 13.0. The Balaban J connectivity index is 1.86. The Morgan fingerprint density at radius 1 is 1.00 bits per heavy atom. The lowest BCUT2D eigenvalue weighted by atomic mass is 9.68. The third-order valence-corrected chi connectivity index (χ3v) is 5.25. The second-order valence-corrected chi connectivity index (χ2v) is 7.24. The average Bonchev–Trinajstić information content (AvgIpc) is 2.28. The molecule has 18 heavy (non-hydrogen) atoms. The third kappa shape index (κ3) is 3.71. The molecule has 106 valence electrons. The monoisotopic (exact) mass is 252 g/mol. The molecule has 0 aromatic carbocycles. The van der Waals surface area contributed by atoms with Gasteiger partial charge in [0.25, 0.3) is 0 Å². The molecule has 2 nitrogen and oxygen atoms in total. The van der Waals surface area contributed by atoms with E-state index in [1.807, 2.05) is 0 Å². The quantitative estimate of drug-likeness (QED) is 0.816. The van der Waals surface area contributed by atoms with Crippen LogP contribution in [0.15, 0.2) is 0 Å². The number of likely N-dealkylation sites (tertiary alicyclic amines) is 1. The normalized spacial score (nSPS) is 34.8. The molecule has 0 aromatic heterocycles. The van der Waals surface area contributed by atoms with E-state index in [1.54, 1.807) is 0 Å². The van der Waals surface area contributed by atoms with Gasteiger partial charge in [-0.2, -0.15) is 0 Å². The first-order chi connectivity index (χ1) is 8.59. The molecular formula is C16H32N2. The second-order valence-electron chi connectivity index (χ2n) is 7.24. The topological polar surface area (TPSA) is 29.3 Å². The standard InChI is InChI=1S/C16H32N2/c1-16(2)10-8-9-14(15(16)17)13-18-11-6-4-3-5-7-12-18/h14-15H,3-13,17H2,1-2H3. The van der Waals surface area contributed by atoms with Crippen LogP contribution >= 0.6 is 0 Å². The maximum absolute atomic E-state index is 6.52. The lowest BCUT2D eigenvalue weighted by Crippen LogP contribution is -2.50. The molecule has 2 fully saturated rings. The van der Waals surface area contributed by atoms with Crippen LogP contribution in [-0.2, 0) is 0 Å². The summed E-state index contributed by atoms with van der Waals surface area (Å²) >= 11 is 0. The van der Waals surface area contributed by atoms with E-state index in [-0.39, 0.29) is 0 Å². The highest BCUT2D eigenvalue weighted by Gasteiger charge is 2.36. The molecule has 1 saturated carbocycles. The Hall–Kier alpha value is -0.0800. The van der Waals surface area contributed by atoms with Crippen molar-refractivity contribution in [2.24, 2.45) is 17.1 Å². The van der Waals surface area contributed by atoms with Crippen LogP contribution in [0.2, 0.25) is 0 Å². The molecule has 2 N–H and O–H groups in total. The molecule has 2 heteroatoms. The number of nitrogens with zero attached hydrogens (tertiary/aromatic N) is 1. The maximum Gasteiger partial charge on any atom is 0.0131 e. The minimum Gasteiger partial charge on any atom is -0.327 e. The molecule has 1 aliphatic carbocycles. The van der Waals surface area contributed by atoms with Gasteiger partial charge < -0.3 is 10.6 Å². The first-order valence-electron chi connectivity index (χ1n) is 8.07. The highest BCUT2D eigenvalue weighted by molar-refractivity contribution is 4.92. The van der Waals surface area contributed by atoms with E-state index in [9.17, 15) is 0 Å². The van der Waals surface area contributed by atoms with Crippen LogP contribution in [0.1, 0.15) is 65.2 Å². The van der Waals surface area contributed by atoms with Gasteiger partial charge in [-0.05, 0) is 50.1 Å². The molecule has 1 aliphatic heterocycles. The van der Waals surface area contributed by atoms with Gasteiger partial charge >= 0.3 is 0 Å². The average molecular weight is 252 g/mol. The van der Waals surface area contributed by atoms with Crippen LogP contribution in [0.3, 0.4) is 0 Å². The van der Waals surface area contributed by atoms with Crippen molar-refractivity contribution in [1.29, 1.82) is 0 Å². The molecular weight excluding hydrogens is 220 g/mol. The molecule has 2 unspecified atom stereocenters. The van der Waals surface area contributed by atoms with Crippen molar-refractivity contribution in [3.8, 4) is 0 Å². The molecule has 0 spiro atoms. The van der Waals surface area contributed by atoms with Crippen molar-refractivity contribution in [2.75, 3.05) is 19.6 Å². The summed E-state index contributed by atoms with van der Waals surface area (Å²) < 4.78 is 0. The van der Waals surface area contributed by atoms with Gasteiger partial charge in [-0.15, -0.1) is 0 Å². The first-order valence-corrected chi connectivity index (χ1v) is 8.07. The lowest BCUT2D eigenvalue weighted by Gasteiger charge is -2.43. The van der Waals surface area contributed by atoms with Crippen LogP contribution in [0.4, 0.5) is 0 Å². The van der Waals surface area contributed by atoms with Crippen molar-refractivity contribution in [2.45, 2.75) is 71.3 Å². The van der Waals surface area contributed by atoms with Crippen molar-refractivity contribution in [3.63, 3.8) is 0 Å². The van der Waals surface area contributed by atoms with Gasteiger partial charge in [0.2, 0.25) is 0 Å². The number of hydrogen-bond donors (Lipinski definition) is 1. The Labute approximate surface area is 113 Å². The van der Waals surface area contributed by atoms with Gasteiger partial charge in [0.05, 0.1) is 0 Å². The lowest BCUT2D eigenvalue weighted by molar-refractivity contribution is 0.0986. The number of nitrogens with two attached hydrogens (primary N) is 1. The van der Waals surface area contributed by atoms with E-state index in [1.165, 1.54) is 71.0 Å². The molecule has 0 radical (unpaired) electrons. The molecule has 2 aliphatic rings. The fraction of sp³-hybridized carbons (Fsp3) is 1.00. The molecule has 1 saturated heterocycles. The van der Waals surface area contributed by atoms with Crippen molar-refractivity contribution >= 4 is 0 Å². The summed E-state index contributed by atoms with van der Waals surface area (Å²) in [5.41, 5.74) is 6.87. The summed E-state index contributed by atoms with van der Waals surface area (Å²) in [6, 6.07) is 0.400. The van der Waals surface area contributed by atoms with E-state index in [4.69, 9.17) is 5.73 Å². The molecule has 0 aromatic rings. The van der Waals surface area contributed by atoms with Gasteiger partial charge in [-0.1, -0.05) is 39.5 Å². The molecule has 2 atom stereocenters. The van der Waals surface area contributed by atoms with Crippen LogP contribution in [-0.4, -0.2) is 30.6 Å². The fourth-order valence-electron chi connectivity index (χ4n) is 3.84. The highest BCUT2D eigenvalue weighted by atomic mass is 15.1. The zero-order valence-electron chi connectivity index (χ0n) is 12.5. The predicted molar refractivity (Wildman–Crippen MR) is 78.6 cm³/mol. The van der Waals surface area contributed by atoms with E-state index in [0.29, 0.717) is 11.5 Å². The van der Waals surface area contributed by atoms with E-state index in [2.05, 4.69) is 18.7 Å². The Morgan fingerprint density at radius 2 is 1.61 bits per heavy atom. The predicted octanol–water partition coefficient (Wildman–Crippen LogP) is 3.41. The molecule has 1 heterocycles. The minimum absolute atomic E-state index is 0.353. The Bertz CT molecular complexity index is 241. The summed E-state index contributed by atoms with van der Waals surface area (Å²) in [5.74, 6) is 0.730. The van der Waals surface area contributed by atoms with Crippen molar-refractivity contribution < 1.29 is 0 Å². The Kier molecular flexibility index (Phi) is 5.08. The second kappa shape index (κ2) is 6.38. The number of rotatable bonds is 2. The summed E-state index contributed by atoms with van der Waals surface area (Å²) in [7, 11) is 0. The summed E-state index contributed by atoms with van der Waals surface area (Å²) in [6.45, 7) is 8.59. The van der Waals surface area contributed by atoms with E-state index in [0.717, 1.165) is 5.92 Å². The van der Waals surface area contributed by atoms with Crippen LogP contribution in [0, 0.1) is 11.3 Å². The molecule has 2 rings (SSSR count). The van der Waals surface area contributed by atoms with Crippen LogP contribution in [0.25, 0.3) is 0 Å². The highest BCUT2D eigenvalue weighted by Crippen LogP contribution is 2.38. The van der Waals surface area contributed by atoms with Crippen molar-refractivity contribution in [1.82, 2.24) is 4.90 Å². The largest absolute Gasteiger partial charge is 0.327 e. The minimum atomic E-state index is 0.353. The van der Waals surface area contributed by atoms with Gasteiger partial charge in [-0.3, -0.25) is 0 Å². The number of hydrogen-bond acceptors (Lipinski definition) is 2. The Morgan fingerprint density at radius 3 is 2.28 bits per heavy atom. The SMILES string of the molecule is CC1(C)CCCC(CN2CCCCCCC2)C1N.